The van der Waals surface area contributed by atoms with E-state index in [2.05, 4.69) is 19.1 Å². The Hall–Kier alpha value is -0.157. The van der Waals surface area contributed by atoms with Gasteiger partial charge in [0.1, 0.15) is 0 Å². The fraction of sp³-hybridized carbons (Fsp3) is 0.100. The zero-order valence-corrected chi connectivity index (χ0v) is 10.0. The summed E-state index contributed by atoms with van der Waals surface area (Å²) >= 11 is 0. The fourth-order valence-corrected chi connectivity index (χ4v) is 0.768. The van der Waals surface area contributed by atoms with Crippen LogP contribution in [0, 0.1) is 42.9 Å². The smallest absolute Gasteiger partial charge is 0 e. The zero-order valence-electron chi connectivity index (χ0n) is 6.33. The Morgan fingerprint density at radius 3 is 2.82 bits per heavy atom. The van der Waals surface area contributed by atoms with Gasteiger partial charge in [0.05, 0.1) is 0 Å². The SMILES string of the molecule is [CH2-]C=CCc1[c-]cccc1.[Np]. The van der Waals surface area contributed by atoms with E-state index >= 15 is 0 Å². The van der Waals surface area contributed by atoms with Crippen molar-refractivity contribution in [3.8, 4) is 0 Å². The van der Waals surface area contributed by atoms with Gasteiger partial charge >= 0.3 is 0 Å². The van der Waals surface area contributed by atoms with Gasteiger partial charge in [-0.2, -0.15) is 35.9 Å². The number of benzene rings is 1. The largest absolute Gasteiger partial charge is 0.245 e. The first-order valence-electron chi connectivity index (χ1n) is 3.33. The van der Waals surface area contributed by atoms with Gasteiger partial charge in [-0.1, -0.05) is 6.42 Å². The molecule has 0 saturated carbocycles. The van der Waals surface area contributed by atoms with Crippen molar-refractivity contribution in [1.82, 2.24) is 0 Å². The third kappa shape index (κ3) is 4.32. The van der Waals surface area contributed by atoms with E-state index in [1.54, 1.807) is 6.08 Å². The first-order chi connectivity index (χ1) is 4.93. The number of rotatable bonds is 2. The van der Waals surface area contributed by atoms with Crippen molar-refractivity contribution >= 4 is 0 Å². The molecular weight excluding hydrogens is 357 g/mol. The molecule has 0 atom stereocenters. The molecule has 0 amide bonds. The van der Waals surface area contributed by atoms with Gasteiger partial charge in [0.15, 0.2) is 0 Å². The second-order valence-corrected chi connectivity index (χ2v) is 2.06. The van der Waals surface area contributed by atoms with Crippen molar-refractivity contribution in [2.45, 2.75) is 6.42 Å². The molecule has 0 aliphatic carbocycles. The molecule has 0 fully saturated rings. The van der Waals surface area contributed by atoms with Gasteiger partial charge in [-0.05, 0) is 0 Å². The van der Waals surface area contributed by atoms with Crippen LogP contribution in [-0.4, -0.2) is 0 Å². The van der Waals surface area contributed by atoms with Gasteiger partial charge in [-0.25, -0.2) is 19.1 Å². The second kappa shape index (κ2) is 6.55. The summed E-state index contributed by atoms with van der Waals surface area (Å²) in [5.41, 5.74) is 1.21. The molecule has 0 spiro atoms. The molecule has 1 aromatic carbocycles. The van der Waals surface area contributed by atoms with Gasteiger partial charge in [-0.15, -0.1) is 0 Å². The van der Waals surface area contributed by atoms with Crippen molar-refractivity contribution in [2.75, 3.05) is 0 Å². The molecule has 11 heavy (non-hydrogen) atoms. The molecule has 0 N–H and O–H groups in total. The van der Waals surface area contributed by atoms with E-state index < -0.39 is 0 Å². The summed E-state index contributed by atoms with van der Waals surface area (Å²) in [5.74, 6) is 0. The van der Waals surface area contributed by atoms with E-state index in [1.807, 2.05) is 24.3 Å². The van der Waals surface area contributed by atoms with Crippen molar-refractivity contribution < 1.29 is 29.9 Å². The third-order valence-corrected chi connectivity index (χ3v) is 1.28. The molecule has 1 heteroatoms. The molecule has 0 aliphatic rings. The van der Waals surface area contributed by atoms with E-state index in [9.17, 15) is 0 Å². The van der Waals surface area contributed by atoms with Crippen LogP contribution in [0.15, 0.2) is 36.4 Å². The van der Waals surface area contributed by atoms with Gasteiger partial charge in [0.2, 0.25) is 0 Å². The predicted octanol–water partition coefficient (Wildman–Crippen LogP) is 2.42. The normalized spacial score (nSPS) is 9.45. The molecule has 0 unspecified atom stereocenters. The summed E-state index contributed by atoms with van der Waals surface area (Å²) in [6.45, 7) is 3.61. The van der Waals surface area contributed by atoms with Crippen molar-refractivity contribution in [3.63, 3.8) is 0 Å². The quantitative estimate of drug-likeness (QED) is 0.705. The molecule has 1 rings (SSSR count). The minimum absolute atomic E-state index is 0. The van der Waals surface area contributed by atoms with Crippen LogP contribution in [0.1, 0.15) is 5.56 Å². The maximum absolute atomic E-state index is 3.61. The summed E-state index contributed by atoms with van der Waals surface area (Å²) in [5, 5.41) is 0. The van der Waals surface area contributed by atoms with E-state index in [0.717, 1.165) is 6.42 Å². The van der Waals surface area contributed by atoms with Crippen LogP contribution in [0.5, 0.6) is 0 Å². The van der Waals surface area contributed by atoms with Gasteiger partial charge in [0.25, 0.3) is 0 Å². The van der Waals surface area contributed by atoms with E-state index in [-0.39, 0.29) is 29.9 Å². The minimum Gasteiger partial charge on any atom is -0.245 e. The standard InChI is InChI=1S/C10H10.Np/c1-2-3-7-10-8-5-4-6-9-10;/h2-6,8H,1,7H2;/q-2;. The van der Waals surface area contributed by atoms with Crippen LogP contribution in [0.2, 0.25) is 0 Å². The summed E-state index contributed by atoms with van der Waals surface area (Å²) in [4.78, 5) is 0. The van der Waals surface area contributed by atoms with Crippen LogP contribution in [0.4, 0.5) is 0 Å². The summed E-state index contributed by atoms with van der Waals surface area (Å²) in [7, 11) is 0. The monoisotopic (exact) mass is 366 g/mol. The number of hydrogen-bond acceptors (Lipinski definition) is 0. The van der Waals surface area contributed by atoms with Crippen LogP contribution >= 0.6 is 0 Å². The molecule has 57 valence electrons. The number of hydrogen-bond donors (Lipinski definition) is 0. The van der Waals surface area contributed by atoms with Crippen LogP contribution < -0.4 is 0 Å². The predicted molar refractivity (Wildman–Crippen MR) is 43.5 cm³/mol. The molecule has 0 heterocycles. The molecule has 0 nitrogen and oxygen atoms in total. The molecule has 1 radical (unpaired) electrons. The third-order valence-electron chi connectivity index (χ3n) is 1.28. The van der Waals surface area contributed by atoms with Crippen LogP contribution in [0.25, 0.3) is 0 Å². The second-order valence-electron chi connectivity index (χ2n) is 2.06. The van der Waals surface area contributed by atoms with E-state index in [4.69, 9.17) is 0 Å². The number of allylic oxidation sites excluding steroid dienone is 2. The summed E-state index contributed by atoms with van der Waals surface area (Å²) < 4.78 is 0. The Bertz CT molecular complexity index is 201. The summed E-state index contributed by atoms with van der Waals surface area (Å²) in [6, 6.07) is 11.1. The molecule has 0 aromatic heterocycles. The van der Waals surface area contributed by atoms with Crippen LogP contribution in [-0.2, 0) is 6.42 Å². The van der Waals surface area contributed by atoms with Gasteiger partial charge in [0, 0.05) is 29.9 Å². The van der Waals surface area contributed by atoms with E-state index in [1.165, 1.54) is 5.56 Å². The Morgan fingerprint density at radius 1 is 1.45 bits per heavy atom. The first kappa shape index (κ1) is 10.8. The topological polar surface area (TPSA) is 0 Å². The molecule has 0 aliphatic heterocycles. The average molecular weight is 367 g/mol. The Morgan fingerprint density at radius 2 is 2.27 bits per heavy atom. The Labute approximate surface area is 91.0 Å². The molecular formula is C10H10Np-2. The zero-order chi connectivity index (χ0) is 7.23. The Balaban J connectivity index is 0.000001000. The Kier molecular flexibility index (Phi) is 6.45. The maximum Gasteiger partial charge on any atom is 0 e. The summed E-state index contributed by atoms with van der Waals surface area (Å²) in [6.07, 6.45) is 4.76. The van der Waals surface area contributed by atoms with Crippen molar-refractivity contribution in [1.29, 1.82) is 0 Å². The van der Waals surface area contributed by atoms with Gasteiger partial charge < -0.3 is 0 Å². The van der Waals surface area contributed by atoms with E-state index in [0.29, 0.717) is 0 Å². The van der Waals surface area contributed by atoms with Crippen LogP contribution in [0.3, 0.4) is 0 Å². The van der Waals surface area contributed by atoms with Gasteiger partial charge in [-0.3, -0.25) is 0 Å². The molecule has 0 bridgehead atoms. The first-order valence-corrected chi connectivity index (χ1v) is 3.33. The minimum atomic E-state index is 0. The molecule has 1 aromatic rings. The molecule has 0 saturated heterocycles. The maximum atomic E-state index is 3.61. The van der Waals surface area contributed by atoms with Crippen molar-refractivity contribution in [3.05, 3.63) is 55.0 Å². The average Bonchev–Trinajstić information content (AvgIpc) is 2.03. The van der Waals surface area contributed by atoms with Crippen molar-refractivity contribution in [2.24, 2.45) is 0 Å². The fourth-order valence-electron chi connectivity index (χ4n) is 0.768.